The summed E-state index contributed by atoms with van der Waals surface area (Å²) < 4.78 is 0. The summed E-state index contributed by atoms with van der Waals surface area (Å²) in [5, 5.41) is 12.1. The molecule has 0 radical (unpaired) electrons. The first-order chi connectivity index (χ1) is 19.8. The number of fused-ring (bicyclic) bond motifs is 5. The van der Waals surface area contributed by atoms with Gasteiger partial charge in [-0.25, -0.2) is 0 Å². The number of para-hydroxylation sites is 1. The van der Waals surface area contributed by atoms with Gasteiger partial charge < -0.3 is 4.90 Å². The molecule has 200 valence electrons. The number of carbonyl (C=O) groups is 3. The van der Waals surface area contributed by atoms with Crippen molar-refractivity contribution in [2.24, 2.45) is 5.41 Å². The van der Waals surface area contributed by atoms with Crippen molar-refractivity contribution in [2.45, 2.75) is 18.0 Å². The van der Waals surface area contributed by atoms with Crippen LogP contribution >= 0.6 is 11.6 Å². The summed E-state index contributed by atoms with van der Waals surface area (Å²) in [5.41, 5.74) is 1.05. The normalized spacial score (nSPS) is 21.5. The Kier molecular flexibility index (Phi) is 5.56. The van der Waals surface area contributed by atoms with Gasteiger partial charge in [0.2, 0.25) is 0 Å². The van der Waals surface area contributed by atoms with Gasteiger partial charge in [-0.15, -0.1) is 0 Å². The molecule has 4 aromatic carbocycles. The van der Waals surface area contributed by atoms with Crippen LogP contribution in [-0.4, -0.2) is 34.4 Å². The van der Waals surface area contributed by atoms with Crippen LogP contribution in [0.15, 0.2) is 103 Å². The van der Waals surface area contributed by atoms with E-state index in [2.05, 4.69) is 0 Å². The van der Waals surface area contributed by atoms with E-state index in [0.717, 1.165) is 5.56 Å². The number of nitro benzene ring substituents is 1. The Morgan fingerprint density at radius 1 is 0.854 bits per heavy atom. The van der Waals surface area contributed by atoms with Crippen molar-refractivity contribution in [1.29, 1.82) is 0 Å². The van der Waals surface area contributed by atoms with Crippen molar-refractivity contribution in [2.75, 3.05) is 4.90 Å². The molecule has 1 fully saturated rings. The molecule has 0 amide bonds. The summed E-state index contributed by atoms with van der Waals surface area (Å²) in [6.45, 7) is 0. The molecule has 3 atom stereocenters. The summed E-state index contributed by atoms with van der Waals surface area (Å²) in [4.78, 5) is 56.7. The largest absolute Gasteiger partial charge is 0.352 e. The monoisotopic (exact) mass is 560 g/mol. The van der Waals surface area contributed by atoms with Gasteiger partial charge in [0, 0.05) is 45.5 Å². The van der Waals surface area contributed by atoms with Crippen LogP contribution in [0.3, 0.4) is 0 Å². The molecule has 1 unspecified atom stereocenters. The van der Waals surface area contributed by atoms with Gasteiger partial charge >= 0.3 is 0 Å². The lowest BCUT2D eigenvalue weighted by Crippen LogP contribution is -2.48. The van der Waals surface area contributed by atoms with Crippen LogP contribution in [0.2, 0.25) is 5.02 Å². The Balaban J connectivity index is 1.54. The predicted molar refractivity (Wildman–Crippen MR) is 155 cm³/mol. The summed E-state index contributed by atoms with van der Waals surface area (Å²) in [6.07, 6.45) is 3.73. The smallest absolute Gasteiger partial charge is 0.270 e. The lowest BCUT2D eigenvalue weighted by molar-refractivity contribution is -0.384. The molecule has 8 heteroatoms. The van der Waals surface area contributed by atoms with Crippen molar-refractivity contribution in [3.05, 3.63) is 146 Å². The molecule has 3 aliphatic rings. The van der Waals surface area contributed by atoms with Gasteiger partial charge in [0.15, 0.2) is 17.3 Å². The number of nitrogens with zero attached hydrogens (tertiary/aromatic N) is 2. The maximum absolute atomic E-state index is 14.6. The maximum Gasteiger partial charge on any atom is 0.270 e. The fourth-order valence-electron chi connectivity index (χ4n) is 6.90. The molecule has 0 N–H and O–H groups in total. The Morgan fingerprint density at radius 2 is 1.51 bits per heavy atom. The maximum atomic E-state index is 14.6. The molecule has 1 aliphatic carbocycles. The van der Waals surface area contributed by atoms with Gasteiger partial charge in [0.25, 0.3) is 5.69 Å². The Morgan fingerprint density at radius 3 is 2.20 bits per heavy atom. The number of benzene rings is 4. The Hall–Kier alpha value is -4.88. The highest BCUT2D eigenvalue weighted by atomic mass is 35.5. The molecule has 1 spiro atoms. The SMILES string of the molecule is O=C(c1cccc([N+](=O)[O-])c1)[C@H]1[C@H](c2ccc(Cl)cc2)C2(C(=O)c3ccccc3C2=O)C2C=Cc3ccccc3N21. The summed E-state index contributed by atoms with van der Waals surface area (Å²) in [5.74, 6) is -2.02. The standard InChI is InChI=1S/C33H21ClN2O5/c34-22-15-12-20(13-16-22)28-29(30(37)21-7-5-8-23(18-21)36(40)41)35-26-11-4-1-6-19(26)14-17-27(35)33(28)31(38)24-9-2-3-10-25(24)32(33)39/h1-18,27-29H/t27?,28-,29+/m0/s1. The third kappa shape index (κ3) is 3.42. The molecule has 1 saturated heterocycles. The third-order valence-corrected chi connectivity index (χ3v) is 8.80. The molecule has 7 nitrogen and oxygen atoms in total. The van der Waals surface area contributed by atoms with Crippen LogP contribution in [0.4, 0.5) is 11.4 Å². The number of hydrogen-bond acceptors (Lipinski definition) is 6. The number of hydrogen-bond donors (Lipinski definition) is 0. The van der Waals surface area contributed by atoms with Crippen molar-refractivity contribution in [3.8, 4) is 0 Å². The van der Waals surface area contributed by atoms with E-state index in [4.69, 9.17) is 11.6 Å². The highest BCUT2D eigenvalue weighted by molar-refractivity contribution is 6.32. The van der Waals surface area contributed by atoms with E-state index in [1.165, 1.54) is 24.3 Å². The first kappa shape index (κ1) is 25.1. The Labute approximate surface area is 239 Å². The van der Waals surface area contributed by atoms with E-state index in [9.17, 15) is 24.5 Å². The quantitative estimate of drug-likeness (QED) is 0.121. The van der Waals surface area contributed by atoms with Gasteiger partial charge in [-0.3, -0.25) is 24.5 Å². The number of nitro groups is 1. The fourth-order valence-corrected chi connectivity index (χ4v) is 7.03. The lowest BCUT2D eigenvalue weighted by Gasteiger charge is -2.37. The van der Waals surface area contributed by atoms with Gasteiger partial charge in [-0.2, -0.15) is 0 Å². The van der Waals surface area contributed by atoms with Crippen molar-refractivity contribution in [3.63, 3.8) is 0 Å². The number of non-ortho nitro benzene ring substituents is 1. The number of halogens is 1. The van der Waals surface area contributed by atoms with E-state index in [1.807, 2.05) is 41.3 Å². The zero-order chi connectivity index (χ0) is 28.5. The van der Waals surface area contributed by atoms with Crippen LogP contribution in [0.25, 0.3) is 6.08 Å². The molecule has 4 aromatic rings. The predicted octanol–water partition coefficient (Wildman–Crippen LogP) is 6.56. The molecule has 0 saturated carbocycles. The molecule has 0 aromatic heterocycles. The second-order valence-corrected chi connectivity index (χ2v) is 10.9. The molecule has 2 aliphatic heterocycles. The zero-order valence-electron chi connectivity index (χ0n) is 21.4. The van der Waals surface area contributed by atoms with Crippen LogP contribution in [-0.2, 0) is 0 Å². The highest BCUT2D eigenvalue weighted by Gasteiger charge is 2.71. The molecular weight excluding hydrogens is 540 g/mol. The van der Waals surface area contributed by atoms with Gasteiger partial charge in [-0.1, -0.05) is 90.5 Å². The number of rotatable bonds is 4. The lowest BCUT2D eigenvalue weighted by atomic mass is 9.64. The number of carbonyl (C=O) groups excluding carboxylic acids is 3. The van der Waals surface area contributed by atoms with Gasteiger partial charge in [0.05, 0.1) is 11.0 Å². The van der Waals surface area contributed by atoms with Gasteiger partial charge in [0.1, 0.15) is 11.5 Å². The molecule has 0 bridgehead atoms. The van der Waals surface area contributed by atoms with E-state index >= 15 is 0 Å². The Bertz CT molecular complexity index is 1790. The minimum absolute atomic E-state index is 0.126. The molecular formula is C33H21ClN2O5. The first-order valence-corrected chi connectivity index (χ1v) is 13.5. The van der Waals surface area contributed by atoms with E-state index < -0.39 is 34.1 Å². The average molecular weight is 561 g/mol. The summed E-state index contributed by atoms with van der Waals surface area (Å²) in [6, 6.07) is 24.9. The molecule has 2 heterocycles. The van der Waals surface area contributed by atoms with Crippen molar-refractivity contribution >= 4 is 46.4 Å². The third-order valence-electron chi connectivity index (χ3n) is 8.55. The van der Waals surface area contributed by atoms with Crippen molar-refractivity contribution in [1.82, 2.24) is 0 Å². The van der Waals surface area contributed by atoms with Crippen LogP contribution in [0.5, 0.6) is 0 Å². The van der Waals surface area contributed by atoms with Gasteiger partial charge in [-0.05, 0) is 29.3 Å². The summed E-state index contributed by atoms with van der Waals surface area (Å²) in [7, 11) is 0. The highest BCUT2D eigenvalue weighted by Crippen LogP contribution is 2.61. The molecule has 7 rings (SSSR count). The number of ketones is 3. The number of anilines is 1. The minimum atomic E-state index is -1.65. The van der Waals surface area contributed by atoms with E-state index in [0.29, 0.717) is 27.4 Å². The van der Waals surface area contributed by atoms with E-state index in [-0.39, 0.29) is 22.8 Å². The topological polar surface area (TPSA) is 97.6 Å². The second-order valence-electron chi connectivity index (χ2n) is 10.5. The minimum Gasteiger partial charge on any atom is -0.352 e. The number of Topliss-reactive ketones (excluding diaryl/α,β-unsaturated/α-hetero) is 3. The molecule has 41 heavy (non-hydrogen) atoms. The van der Waals surface area contributed by atoms with Crippen LogP contribution in [0, 0.1) is 15.5 Å². The summed E-state index contributed by atoms with van der Waals surface area (Å²) >= 11 is 6.24. The van der Waals surface area contributed by atoms with E-state index in [1.54, 1.807) is 48.5 Å². The fraction of sp³-hybridized carbons (Fsp3) is 0.121. The first-order valence-electron chi connectivity index (χ1n) is 13.1. The van der Waals surface area contributed by atoms with Crippen LogP contribution < -0.4 is 4.90 Å². The van der Waals surface area contributed by atoms with Crippen molar-refractivity contribution < 1.29 is 19.3 Å². The van der Waals surface area contributed by atoms with Crippen LogP contribution in [0.1, 0.15) is 48.1 Å². The second kappa shape index (κ2) is 9.08. The average Bonchev–Trinajstić information content (AvgIpc) is 3.43. The zero-order valence-corrected chi connectivity index (χ0v) is 22.2.